The zero-order chi connectivity index (χ0) is 12.3. The lowest BCUT2D eigenvalue weighted by atomic mass is 10.0. The van der Waals surface area contributed by atoms with Gasteiger partial charge in [-0.2, -0.15) is 5.10 Å². The minimum absolute atomic E-state index is 0.0772. The summed E-state index contributed by atoms with van der Waals surface area (Å²) in [7, 11) is 0. The molecule has 0 radical (unpaired) electrons. The molecule has 2 heterocycles. The lowest BCUT2D eigenvalue weighted by molar-refractivity contribution is 0.518. The summed E-state index contributed by atoms with van der Waals surface area (Å²) < 4.78 is 1.80. The maximum Gasteiger partial charge on any atom is 0.0893 e. The molecule has 5 heteroatoms. The first-order chi connectivity index (χ1) is 8.22. The number of aromatic nitrogens is 3. The number of allylic oxidation sites excluding steroid dienone is 1. The molecule has 5 nitrogen and oxygen atoms in total. The summed E-state index contributed by atoms with van der Waals surface area (Å²) >= 11 is 0. The highest BCUT2D eigenvalue weighted by atomic mass is 15.3. The van der Waals surface area contributed by atoms with Crippen LogP contribution in [0.5, 0.6) is 0 Å². The molecule has 0 aliphatic rings. The fourth-order valence-electron chi connectivity index (χ4n) is 1.84. The van der Waals surface area contributed by atoms with E-state index in [0.29, 0.717) is 0 Å². The van der Waals surface area contributed by atoms with E-state index in [1.165, 1.54) is 0 Å². The van der Waals surface area contributed by atoms with Gasteiger partial charge in [0.1, 0.15) is 0 Å². The largest absolute Gasteiger partial charge is 0.271 e. The first-order valence-corrected chi connectivity index (χ1v) is 5.60. The Labute approximate surface area is 100 Å². The van der Waals surface area contributed by atoms with E-state index in [2.05, 4.69) is 22.1 Å². The van der Waals surface area contributed by atoms with E-state index in [9.17, 15) is 0 Å². The average Bonchev–Trinajstić information content (AvgIpc) is 2.74. The van der Waals surface area contributed by atoms with Gasteiger partial charge in [0.05, 0.1) is 24.0 Å². The lowest BCUT2D eigenvalue weighted by Crippen LogP contribution is -2.27. The first-order valence-electron chi connectivity index (χ1n) is 5.60. The van der Waals surface area contributed by atoms with Gasteiger partial charge in [-0.05, 0) is 19.8 Å². The van der Waals surface area contributed by atoms with Crippen molar-refractivity contribution in [2.75, 3.05) is 0 Å². The van der Waals surface area contributed by atoms with Crippen LogP contribution in [0.15, 0.2) is 36.9 Å². The van der Waals surface area contributed by atoms with Gasteiger partial charge in [0.2, 0.25) is 0 Å². The molecule has 1 unspecified atom stereocenters. The van der Waals surface area contributed by atoms with Gasteiger partial charge in [0.15, 0.2) is 0 Å². The fourth-order valence-corrected chi connectivity index (χ4v) is 1.84. The van der Waals surface area contributed by atoms with Crippen LogP contribution in [0.25, 0.3) is 5.52 Å². The number of nitrogens with one attached hydrogen (secondary N) is 1. The summed E-state index contributed by atoms with van der Waals surface area (Å²) in [5.41, 5.74) is 6.04. The predicted molar refractivity (Wildman–Crippen MR) is 67.1 cm³/mol. The highest BCUT2D eigenvalue weighted by Gasteiger charge is 2.14. The second-order valence-corrected chi connectivity index (χ2v) is 4.22. The number of fused-ring (bicyclic) bond motifs is 1. The van der Waals surface area contributed by atoms with Gasteiger partial charge in [0.25, 0.3) is 0 Å². The van der Waals surface area contributed by atoms with E-state index in [-0.39, 0.29) is 6.04 Å². The zero-order valence-corrected chi connectivity index (χ0v) is 9.93. The van der Waals surface area contributed by atoms with Gasteiger partial charge < -0.3 is 0 Å². The number of hydrazine groups is 1. The lowest BCUT2D eigenvalue weighted by Gasteiger charge is -2.14. The highest BCUT2D eigenvalue weighted by Crippen LogP contribution is 2.23. The van der Waals surface area contributed by atoms with Crippen LogP contribution >= 0.6 is 0 Å². The van der Waals surface area contributed by atoms with Gasteiger partial charge >= 0.3 is 0 Å². The van der Waals surface area contributed by atoms with Crippen molar-refractivity contribution in [3.8, 4) is 0 Å². The number of nitrogens with two attached hydrogens (primary N) is 1. The van der Waals surface area contributed by atoms with Crippen molar-refractivity contribution in [3.63, 3.8) is 0 Å². The van der Waals surface area contributed by atoms with Crippen LogP contribution in [0.1, 0.15) is 31.4 Å². The Hall–Kier alpha value is -1.72. The van der Waals surface area contributed by atoms with Crippen molar-refractivity contribution in [2.24, 2.45) is 5.84 Å². The molecule has 0 amide bonds. The molecule has 0 spiro atoms. The standard InChI is InChI=1S/C12H17N5/c1-9(2)3-4-11(16-13)10-7-15-17-6-5-14-8-12(10)17/h5-8,11,16H,1,3-4,13H2,2H3. The SMILES string of the molecule is C=C(C)CCC(NN)c1cnn2ccncc12. The molecule has 1 atom stereocenters. The van der Waals surface area contributed by atoms with Gasteiger partial charge in [0, 0.05) is 18.0 Å². The molecule has 90 valence electrons. The summed E-state index contributed by atoms with van der Waals surface area (Å²) in [6.07, 6.45) is 9.01. The Morgan fingerprint density at radius 3 is 3.12 bits per heavy atom. The van der Waals surface area contributed by atoms with Gasteiger partial charge in [-0.3, -0.25) is 16.3 Å². The average molecular weight is 231 g/mol. The van der Waals surface area contributed by atoms with Gasteiger partial charge in [-0.25, -0.2) is 4.52 Å². The van der Waals surface area contributed by atoms with Crippen LogP contribution in [0, 0.1) is 0 Å². The Morgan fingerprint density at radius 2 is 2.41 bits per heavy atom. The normalized spacial score (nSPS) is 12.8. The molecule has 0 saturated carbocycles. The Balaban J connectivity index is 2.27. The number of nitrogens with zero attached hydrogens (tertiary/aromatic N) is 3. The topological polar surface area (TPSA) is 68.2 Å². The third-order valence-corrected chi connectivity index (χ3v) is 2.79. The van der Waals surface area contributed by atoms with Crippen LogP contribution in [-0.2, 0) is 0 Å². The molecule has 0 aromatic carbocycles. The second kappa shape index (κ2) is 5.07. The van der Waals surface area contributed by atoms with Crippen LogP contribution in [0.4, 0.5) is 0 Å². The molecule has 0 saturated heterocycles. The number of hydrogen-bond donors (Lipinski definition) is 2. The van der Waals surface area contributed by atoms with Crippen LogP contribution in [0.2, 0.25) is 0 Å². The van der Waals surface area contributed by atoms with Crippen LogP contribution in [0.3, 0.4) is 0 Å². The molecule has 0 bridgehead atoms. The van der Waals surface area contributed by atoms with E-state index in [0.717, 1.165) is 29.5 Å². The summed E-state index contributed by atoms with van der Waals surface area (Å²) in [4.78, 5) is 4.11. The molecule has 17 heavy (non-hydrogen) atoms. The fraction of sp³-hybridized carbons (Fsp3) is 0.333. The van der Waals surface area contributed by atoms with Crippen LogP contribution < -0.4 is 11.3 Å². The van der Waals surface area contributed by atoms with E-state index < -0.39 is 0 Å². The molecule has 2 rings (SSSR count). The molecule has 0 aliphatic heterocycles. The minimum atomic E-state index is 0.0772. The molecule has 2 aromatic rings. The summed E-state index contributed by atoms with van der Waals surface area (Å²) in [6.45, 7) is 5.92. The van der Waals surface area contributed by atoms with Crippen molar-refractivity contribution >= 4 is 5.52 Å². The Morgan fingerprint density at radius 1 is 1.59 bits per heavy atom. The monoisotopic (exact) mass is 231 g/mol. The zero-order valence-electron chi connectivity index (χ0n) is 9.93. The maximum absolute atomic E-state index is 5.60. The van der Waals surface area contributed by atoms with Crippen molar-refractivity contribution in [2.45, 2.75) is 25.8 Å². The van der Waals surface area contributed by atoms with Crippen molar-refractivity contribution < 1.29 is 0 Å². The maximum atomic E-state index is 5.60. The molecular formula is C12H17N5. The quantitative estimate of drug-likeness (QED) is 0.466. The molecular weight excluding hydrogens is 214 g/mol. The summed E-state index contributed by atoms with van der Waals surface area (Å²) in [5.74, 6) is 5.60. The smallest absolute Gasteiger partial charge is 0.0893 e. The van der Waals surface area contributed by atoms with Gasteiger partial charge in [-0.15, -0.1) is 6.58 Å². The third-order valence-electron chi connectivity index (χ3n) is 2.79. The molecule has 0 aliphatic carbocycles. The van der Waals surface area contributed by atoms with Crippen LogP contribution in [-0.4, -0.2) is 14.6 Å². The number of rotatable bonds is 5. The van der Waals surface area contributed by atoms with Crippen molar-refractivity contribution in [1.82, 2.24) is 20.0 Å². The van der Waals surface area contributed by atoms with Gasteiger partial charge in [-0.1, -0.05) is 5.57 Å². The number of hydrogen-bond acceptors (Lipinski definition) is 4. The van der Waals surface area contributed by atoms with E-state index >= 15 is 0 Å². The first kappa shape index (κ1) is 11.8. The van der Waals surface area contributed by atoms with E-state index in [1.54, 1.807) is 16.9 Å². The van der Waals surface area contributed by atoms with E-state index in [1.807, 2.05) is 19.3 Å². The second-order valence-electron chi connectivity index (χ2n) is 4.22. The predicted octanol–water partition coefficient (Wildman–Crippen LogP) is 1.59. The van der Waals surface area contributed by atoms with Crippen molar-refractivity contribution in [1.29, 1.82) is 0 Å². The third kappa shape index (κ3) is 2.51. The summed E-state index contributed by atoms with van der Waals surface area (Å²) in [5, 5.41) is 4.27. The molecule has 3 N–H and O–H groups in total. The summed E-state index contributed by atoms with van der Waals surface area (Å²) in [6, 6.07) is 0.0772. The Kier molecular flexibility index (Phi) is 3.51. The van der Waals surface area contributed by atoms with Crippen molar-refractivity contribution in [3.05, 3.63) is 42.5 Å². The van der Waals surface area contributed by atoms with E-state index in [4.69, 9.17) is 5.84 Å². The highest BCUT2D eigenvalue weighted by molar-refractivity contribution is 5.53. The molecule has 0 fully saturated rings. The Bertz CT molecular complexity index is 516. The minimum Gasteiger partial charge on any atom is -0.271 e. The molecule has 2 aromatic heterocycles.